The Labute approximate surface area is 120 Å². The number of hydrogen-bond donors (Lipinski definition) is 2. The van der Waals surface area contributed by atoms with Gasteiger partial charge in [-0.1, -0.05) is 0 Å². The molecule has 0 aromatic heterocycles. The molecular formula is C12H25ClN2O4. The zero-order valence-electron chi connectivity index (χ0n) is 12.4. The van der Waals surface area contributed by atoms with Crippen LogP contribution in [0.4, 0.5) is 4.79 Å². The fourth-order valence-electron chi connectivity index (χ4n) is 1.04. The number of carbonyl (C=O) groups is 2. The van der Waals surface area contributed by atoms with Gasteiger partial charge in [-0.15, -0.1) is 12.4 Å². The van der Waals surface area contributed by atoms with Gasteiger partial charge >= 0.3 is 12.1 Å². The molecule has 1 unspecified atom stereocenters. The van der Waals surface area contributed by atoms with Crippen molar-refractivity contribution in [2.75, 3.05) is 6.54 Å². The quantitative estimate of drug-likeness (QED) is 0.772. The van der Waals surface area contributed by atoms with Crippen LogP contribution in [0.15, 0.2) is 0 Å². The fourth-order valence-corrected chi connectivity index (χ4v) is 1.04. The molecule has 1 atom stereocenters. The molecule has 0 aliphatic rings. The lowest BCUT2D eigenvalue weighted by Gasteiger charge is -2.25. The summed E-state index contributed by atoms with van der Waals surface area (Å²) in [6, 6.07) is -0.904. The summed E-state index contributed by atoms with van der Waals surface area (Å²) < 4.78 is 10.2. The van der Waals surface area contributed by atoms with Crippen molar-refractivity contribution in [3.63, 3.8) is 0 Å². The number of hydrogen-bond acceptors (Lipinski definition) is 5. The highest BCUT2D eigenvalue weighted by molar-refractivity contribution is 5.85. The molecule has 0 aromatic carbocycles. The van der Waals surface area contributed by atoms with E-state index >= 15 is 0 Å². The monoisotopic (exact) mass is 296 g/mol. The molecule has 0 rings (SSSR count). The summed E-state index contributed by atoms with van der Waals surface area (Å²) in [5.41, 5.74) is 4.18. The van der Waals surface area contributed by atoms with E-state index in [0.29, 0.717) is 0 Å². The molecule has 7 heteroatoms. The summed E-state index contributed by atoms with van der Waals surface area (Å²) in [4.78, 5) is 23.2. The summed E-state index contributed by atoms with van der Waals surface area (Å²) in [5.74, 6) is -0.573. The molecule has 0 saturated carbocycles. The van der Waals surface area contributed by atoms with Crippen LogP contribution in [0.5, 0.6) is 0 Å². The lowest BCUT2D eigenvalue weighted by molar-refractivity contribution is -0.157. The Balaban J connectivity index is 0. The number of halogens is 1. The van der Waals surface area contributed by atoms with Gasteiger partial charge in [-0.25, -0.2) is 9.59 Å². The Morgan fingerprint density at radius 3 is 1.79 bits per heavy atom. The number of carbonyl (C=O) groups excluding carboxylic acids is 2. The van der Waals surface area contributed by atoms with Crippen LogP contribution in [0.25, 0.3) is 0 Å². The predicted molar refractivity (Wildman–Crippen MR) is 75.3 cm³/mol. The number of nitrogens with two attached hydrogens (primary N) is 1. The Kier molecular flexibility index (Phi) is 8.07. The van der Waals surface area contributed by atoms with Crippen LogP contribution in [0.2, 0.25) is 0 Å². The molecule has 0 heterocycles. The van der Waals surface area contributed by atoms with E-state index in [1.165, 1.54) is 0 Å². The molecule has 114 valence electrons. The molecule has 0 aliphatic heterocycles. The first-order chi connectivity index (χ1) is 7.94. The van der Waals surface area contributed by atoms with E-state index in [-0.39, 0.29) is 19.0 Å². The first-order valence-electron chi connectivity index (χ1n) is 5.87. The smallest absolute Gasteiger partial charge is 0.408 e. The third kappa shape index (κ3) is 10.6. The first kappa shape index (κ1) is 20.3. The van der Waals surface area contributed by atoms with Gasteiger partial charge in [-0.3, -0.25) is 0 Å². The second kappa shape index (κ2) is 7.55. The average Bonchev–Trinajstić information content (AvgIpc) is 2.07. The molecule has 0 bridgehead atoms. The van der Waals surface area contributed by atoms with Gasteiger partial charge in [0.2, 0.25) is 0 Å². The van der Waals surface area contributed by atoms with E-state index in [0.717, 1.165) is 0 Å². The van der Waals surface area contributed by atoms with Gasteiger partial charge in [0.15, 0.2) is 0 Å². The maximum absolute atomic E-state index is 11.7. The predicted octanol–water partition coefficient (Wildman–Crippen LogP) is 1.60. The minimum absolute atomic E-state index is 0. The summed E-state index contributed by atoms with van der Waals surface area (Å²) in [7, 11) is 0. The molecule has 0 radical (unpaired) electrons. The Morgan fingerprint density at radius 1 is 1.05 bits per heavy atom. The maximum Gasteiger partial charge on any atom is 0.408 e. The molecule has 0 aromatic rings. The van der Waals surface area contributed by atoms with Crippen LogP contribution in [-0.4, -0.2) is 35.9 Å². The number of esters is 1. The van der Waals surface area contributed by atoms with E-state index < -0.39 is 29.3 Å². The topological polar surface area (TPSA) is 90.6 Å². The molecule has 0 aliphatic carbocycles. The Hall–Kier alpha value is -1.01. The maximum atomic E-state index is 11.7. The van der Waals surface area contributed by atoms with Crippen molar-refractivity contribution < 1.29 is 19.1 Å². The Bertz CT molecular complexity index is 308. The first-order valence-corrected chi connectivity index (χ1v) is 5.87. The van der Waals surface area contributed by atoms with E-state index in [1.54, 1.807) is 41.5 Å². The third-order valence-corrected chi connectivity index (χ3v) is 1.62. The summed E-state index contributed by atoms with van der Waals surface area (Å²) in [5, 5.41) is 2.38. The van der Waals surface area contributed by atoms with Crippen molar-refractivity contribution in [3.05, 3.63) is 0 Å². The molecule has 6 nitrogen and oxygen atoms in total. The minimum Gasteiger partial charge on any atom is -0.458 e. The minimum atomic E-state index is -0.904. The van der Waals surface area contributed by atoms with E-state index in [4.69, 9.17) is 15.2 Å². The van der Waals surface area contributed by atoms with Crippen LogP contribution in [0.1, 0.15) is 41.5 Å². The van der Waals surface area contributed by atoms with Crippen LogP contribution >= 0.6 is 12.4 Å². The van der Waals surface area contributed by atoms with Gasteiger partial charge < -0.3 is 20.5 Å². The summed E-state index contributed by atoms with van der Waals surface area (Å²) in [6.07, 6.45) is -0.691. The van der Waals surface area contributed by atoms with Crippen molar-refractivity contribution in [3.8, 4) is 0 Å². The number of alkyl carbamates (subject to hydrolysis) is 1. The second-order valence-electron chi connectivity index (χ2n) is 5.97. The van der Waals surface area contributed by atoms with Gasteiger partial charge in [0.25, 0.3) is 0 Å². The number of rotatable bonds is 3. The Morgan fingerprint density at radius 2 is 1.47 bits per heavy atom. The summed E-state index contributed by atoms with van der Waals surface area (Å²) >= 11 is 0. The molecule has 1 amide bonds. The number of ether oxygens (including phenoxy) is 2. The van der Waals surface area contributed by atoms with Crippen LogP contribution in [-0.2, 0) is 14.3 Å². The highest BCUT2D eigenvalue weighted by Crippen LogP contribution is 2.09. The second-order valence-corrected chi connectivity index (χ2v) is 5.97. The summed E-state index contributed by atoms with van der Waals surface area (Å²) in [6.45, 7) is 10.4. The molecule has 0 fully saturated rings. The van der Waals surface area contributed by atoms with Gasteiger partial charge in [-0.2, -0.15) is 0 Å². The van der Waals surface area contributed by atoms with E-state index in [9.17, 15) is 9.59 Å². The van der Waals surface area contributed by atoms with Crippen LogP contribution in [0.3, 0.4) is 0 Å². The zero-order valence-corrected chi connectivity index (χ0v) is 13.2. The SMILES string of the molecule is CC(C)(C)OC(=O)NC(CN)C(=O)OC(C)(C)C.Cl. The van der Waals surface area contributed by atoms with Crippen LogP contribution in [0, 0.1) is 0 Å². The highest BCUT2D eigenvalue weighted by Gasteiger charge is 2.27. The van der Waals surface area contributed by atoms with Gasteiger partial charge in [-0.05, 0) is 41.5 Å². The van der Waals surface area contributed by atoms with Crippen molar-refractivity contribution in [2.24, 2.45) is 5.73 Å². The number of nitrogens with one attached hydrogen (secondary N) is 1. The van der Waals surface area contributed by atoms with Crippen molar-refractivity contribution >= 4 is 24.5 Å². The average molecular weight is 297 g/mol. The fraction of sp³-hybridized carbons (Fsp3) is 0.833. The van der Waals surface area contributed by atoms with Gasteiger partial charge in [0, 0.05) is 6.54 Å². The van der Waals surface area contributed by atoms with Gasteiger partial charge in [0.1, 0.15) is 17.2 Å². The number of amides is 1. The lowest BCUT2D eigenvalue weighted by atomic mass is 10.2. The zero-order chi connectivity index (χ0) is 14.6. The highest BCUT2D eigenvalue weighted by atomic mass is 35.5. The van der Waals surface area contributed by atoms with Crippen molar-refractivity contribution in [2.45, 2.75) is 58.8 Å². The van der Waals surface area contributed by atoms with E-state index in [2.05, 4.69) is 5.32 Å². The molecular weight excluding hydrogens is 272 g/mol. The molecule has 0 saturated heterocycles. The largest absolute Gasteiger partial charge is 0.458 e. The van der Waals surface area contributed by atoms with Crippen LogP contribution < -0.4 is 11.1 Å². The molecule has 3 N–H and O–H groups in total. The van der Waals surface area contributed by atoms with Gasteiger partial charge in [0.05, 0.1) is 0 Å². The molecule has 0 spiro atoms. The van der Waals surface area contributed by atoms with Crippen molar-refractivity contribution in [1.29, 1.82) is 0 Å². The standard InChI is InChI=1S/C12H24N2O4.ClH/c1-11(2,3)17-9(15)8(7-13)14-10(16)18-12(4,5)6;/h8H,7,13H2,1-6H3,(H,14,16);1H. The normalized spacial score (nSPS) is 13.0. The van der Waals surface area contributed by atoms with Crippen molar-refractivity contribution in [1.82, 2.24) is 5.32 Å². The molecule has 19 heavy (non-hydrogen) atoms. The third-order valence-electron chi connectivity index (χ3n) is 1.62. The van der Waals surface area contributed by atoms with E-state index in [1.807, 2.05) is 0 Å². The lowest BCUT2D eigenvalue weighted by Crippen LogP contribution is -2.49.